The fourth-order valence-electron chi connectivity index (χ4n) is 5.61. The monoisotopic (exact) mass is 344 g/mol. The summed E-state index contributed by atoms with van der Waals surface area (Å²) < 4.78 is 2.31. The largest absolute Gasteiger partial charge is 0.335 e. The molecule has 0 radical (unpaired) electrons. The topological polar surface area (TPSA) is 33.1 Å². The molecule has 25 heavy (non-hydrogen) atoms. The lowest BCUT2D eigenvalue weighted by Gasteiger charge is -2.47. The van der Waals surface area contributed by atoms with Crippen LogP contribution >= 0.6 is 0 Å². The third kappa shape index (κ3) is 4.11. The molecule has 2 aliphatic heterocycles. The van der Waals surface area contributed by atoms with Crippen LogP contribution in [-0.2, 0) is 6.54 Å². The van der Waals surface area contributed by atoms with Crippen LogP contribution in [0.3, 0.4) is 0 Å². The Morgan fingerprint density at radius 3 is 2.44 bits per heavy atom. The zero-order chi connectivity index (χ0) is 17.1. The maximum absolute atomic E-state index is 4.34. The van der Waals surface area contributed by atoms with Crippen molar-refractivity contribution in [3.05, 3.63) is 18.2 Å². The number of aromatic nitrogens is 2. The highest BCUT2D eigenvalue weighted by Gasteiger charge is 2.38. The molecule has 4 heteroatoms. The zero-order valence-electron chi connectivity index (χ0n) is 16.1. The molecule has 140 valence electrons. The van der Waals surface area contributed by atoms with Gasteiger partial charge in [-0.15, -0.1) is 0 Å². The molecule has 0 unspecified atom stereocenters. The van der Waals surface area contributed by atoms with E-state index in [1.54, 1.807) is 0 Å². The minimum Gasteiger partial charge on any atom is -0.335 e. The summed E-state index contributed by atoms with van der Waals surface area (Å²) in [5, 5.41) is 3.55. The Morgan fingerprint density at radius 1 is 1.08 bits per heavy atom. The van der Waals surface area contributed by atoms with Crippen molar-refractivity contribution in [3.8, 4) is 0 Å². The van der Waals surface area contributed by atoms with Crippen molar-refractivity contribution in [1.29, 1.82) is 0 Å². The number of rotatable bonds is 4. The highest BCUT2D eigenvalue weighted by atomic mass is 15.2. The van der Waals surface area contributed by atoms with Crippen molar-refractivity contribution in [2.45, 2.75) is 77.3 Å². The zero-order valence-corrected chi connectivity index (χ0v) is 16.1. The second-order valence-electron chi connectivity index (χ2n) is 8.92. The number of aryl methyl sites for hydroxylation is 2. The Hall–Kier alpha value is -0.870. The van der Waals surface area contributed by atoms with Crippen molar-refractivity contribution in [1.82, 2.24) is 19.8 Å². The van der Waals surface area contributed by atoms with Crippen LogP contribution in [0.5, 0.6) is 0 Å². The van der Waals surface area contributed by atoms with E-state index in [1.807, 2.05) is 6.20 Å². The highest BCUT2D eigenvalue weighted by Crippen LogP contribution is 2.44. The molecular formula is C21H36N4. The standard InChI is InChI=1S/C21H36N4/c1-18-23-13-17-24(18)14-4-19-5-15-25(16-6-19)20-2-7-21(8-3-20)9-11-22-12-10-21/h13,17,19-20,22H,2-12,14-16H2,1H3. The molecule has 3 aliphatic rings. The number of nitrogens with one attached hydrogen (secondary N) is 1. The molecule has 3 heterocycles. The van der Waals surface area contributed by atoms with Crippen molar-refractivity contribution < 1.29 is 0 Å². The molecule has 1 aliphatic carbocycles. The van der Waals surface area contributed by atoms with Gasteiger partial charge in [-0.3, -0.25) is 0 Å². The molecule has 0 amide bonds. The number of likely N-dealkylation sites (tertiary alicyclic amines) is 1. The number of nitrogens with zero attached hydrogens (tertiary/aromatic N) is 3. The number of hydrogen-bond acceptors (Lipinski definition) is 3. The molecule has 3 fully saturated rings. The number of imidazole rings is 1. The summed E-state index contributed by atoms with van der Waals surface area (Å²) in [5.74, 6) is 2.07. The predicted octanol–water partition coefficient (Wildman–Crippen LogP) is 3.61. The molecule has 4 rings (SSSR count). The third-order valence-electron chi connectivity index (χ3n) is 7.55. The summed E-state index contributed by atoms with van der Waals surface area (Å²) in [6.07, 6.45) is 16.9. The second-order valence-corrected chi connectivity index (χ2v) is 8.92. The quantitative estimate of drug-likeness (QED) is 0.906. The van der Waals surface area contributed by atoms with E-state index in [-0.39, 0.29) is 0 Å². The van der Waals surface area contributed by atoms with Gasteiger partial charge in [0.2, 0.25) is 0 Å². The van der Waals surface area contributed by atoms with Gasteiger partial charge >= 0.3 is 0 Å². The Morgan fingerprint density at radius 2 is 1.80 bits per heavy atom. The molecule has 0 bridgehead atoms. The fraction of sp³-hybridized carbons (Fsp3) is 0.857. The summed E-state index contributed by atoms with van der Waals surface area (Å²) in [5.41, 5.74) is 0.711. The van der Waals surface area contributed by atoms with Crippen LogP contribution in [0.25, 0.3) is 0 Å². The van der Waals surface area contributed by atoms with E-state index in [4.69, 9.17) is 0 Å². The molecule has 1 saturated carbocycles. The predicted molar refractivity (Wildman–Crippen MR) is 103 cm³/mol. The minimum atomic E-state index is 0.711. The normalized spacial score (nSPS) is 26.3. The average Bonchev–Trinajstić information content (AvgIpc) is 3.07. The maximum Gasteiger partial charge on any atom is 0.105 e. The first-order chi connectivity index (χ1) is 12.2. The molecular weight excluding hydrogens is 308 g/mol. The second kappa shape index (κ2) is 7.79. The highest BCUT2D eigenvalue weighted by molar-refractivity contribution is 4.93. The van der Waals surface area contributed by atoms with Gasteiger partial charge in [0.1, 0.15) is 5.82 Å². The maximum atomic E-state index is 4.34. The summed E-state index contributed by atoms with van der Waals surface area (Å²) in [6.45, 7) is 8.45. The third-order valence-corrected chi connectivity index (χ3v) is 7.55. The van der Waals surface area contributed by atoms with Gasteiger partial charge in [0.15, 0.2) is 0 Å². The van der Waals surface area contributed by atoms with Crippen LogP contribution in [0.2, 0.25) is 0 Å². The van der Waals surface area contributed by atoms with E-state index in [9.17, 15) is 0 Å². The Balaban J connectivity index is 1.19. The molecule has 1 spiro atoms. The molecule has 1 N–H and O–H groups in total. The van der Waals surface area contributed by atoms with Crippen molar-refractivity contribution in [2.24, 2.45) is 11.3 Å². The summed E-state index contributed by atoms with van der Waals surface area (Å²) in [7, 11) is 0. The first-order valence-corrected chi connectivity index (χ1v) is 10.7. The Kier molecular flexibility index (Phi) is 5.47. The van der Waals surface area contributed by atoms with Gasteiger partial charge in [-0.1, -0.05) is 0 Å². The first-order valence-electron chi connectivity index (χ1n) is 10.7. The molecule has 0 aromatic carbocycles. The lowest BCUT2D eigenvalue weighted by molar-refractivity contribution is 0.0463. The smallest absolute Gasteiger partial charge is 0.105 e. The first kappa shape index (κ1) is 17.5. The Labute approximate surface area is 153 Å². The molecule has 1 aromatic rings. The van der Waals surface area contributed by atoms with Gasteiger partial charge in [-0.2, -0.15) is 0 Å². The van der Waals surface area contributed by atoms with Gasteiger partial charge < -0.3 is 14.8 Å². The summed E-state index contributed by atoms with van der Waals surface area (Å²) >= 11 is 0. The van der Waals surface area contributed by atoms with Crippen LogP contribution in [0.4, 0.5) is 0 Å². The number of piperidine rings is 2. The van der Waals surface area contributed by atoms with Gasteiger partial charge in [-0.25, -0.2) is 4.98 Å². The van der Waals surface area contributed by atoms with E-state index < -0.39 is 0 Å². The summed E-state index contributed by atoms with van der Waals surface area (Å²) in [6, 6.07) is 0.886. The van der Waals surface area contributed by atoms with Crippen molar-refractivity contribution in [2.75, 3.05) is 26.2 Å². The van der Waals surface area contributed by atoms with Crippen molar-refractivity contribution >= 4 is 0 Å². The van der Waals surface area contributed by atoms with Gasteiger partial charge in [0, 0.05) is 25.0 Å². The summed E-state index contributed by atoms with van der Waals surface area (Å²) in [4.78, 5) is 7.18. The van der Waals surface area contributed by atoms with Crippen LogP contribution in [-0.4, -0.2) is 46.7 Å². The van der Waals surface area contributed by atoms with Crippen LogP contribution in [0, 0.1) is 18.3 Å². The van der Waals surface area contributed by atoms with Crippen LogP contribution in [0.1, 0.15) is 63.6 Å². The Bertz CT molecular complexity index is 528. The van der Waals surface area contributed by atoms with Gasteiger partial charge in [0.25, 0.3) is 0 Å². The lowest BCUT2D eigenvalue weighted by atomic mass is 9.67. The number of hydrogen-bond donors (Lipinski definition) is 1. The van der Waals surface area contributed by atoms with Gasteiger partial charge in [-0.05, 0) is 102 Å². The van der Waals surface area contributed by atoms with E-state index in [1.165, 1.54) is 84.0 Å². The lowest BCUT2D eigenvalue weighted by Crippen LogP contribution is -2.47. The van der Waals surface area contributed by atoms with Crippen LogP contribution in [0.15, 0.2) is 12.4 Å². The van der Waals surface area contributed by atoms with E-state index in [0.29, 0.717) is 5.41 Å². The SMILES string of the molecule is Cc1nccn1CCC1CCN(C2CCC3(CCNCC3)CC2)CC1. The van der Waals surface area contributed by atoms with E-state index in [0.717, 1.165) is 24.3 Å². The average molecular weight is 345 g/mol. The fourth-order valence-corrected chi connectivity index (χ4v) is 5.61. The van der Waals surface area contributed by atoms with Crippen LogP contribution < -0.4 is 5.32 Å². The van der Waals surface area contributed by atoms with Gasteiger partial charge in [0.05, 0.1) is 0 Å². The molecule has 1 aromatic heterocycles. The molecule has 4 nitrogen and oxygen atoms in total. The minimum absolute atomic E-state index is 0.711. The molecule has 0 atom stereocenters. The van der Waals surface area contributed by atoms with E-state index >= 15 is 0 Å². The molecule has 2 saturated heterocycles. The van der Waals surface area contributed by atoms with Crippen molar-refractivity contribution in [3.63, 3.8) is 0 Å². The van der Waals surface area contributed by atoms with E-state index in [2.05, 4.69) is 32.9 Å².